The van der Waals surface area contributed by atoms with E-state index in [1.165, 1.54) is 7.05 Å². The minimum Gasteiger partial charge on any atom is -0.301 e. The monoisotopic (exact) mass is 255 g/mol. The lowest BCUT2D eigenvalue weighted by Gasteiger charge is -2.29. The van der Waals surface area contributed by atoms with Gasteiger partial charge in [-0.25, -0.2) is 8.42 Å². The molecule has 0 N–H and O–H groups in total. The highest BCUT2D eigenvalue weighted by Gasteiger charge is 2.32. The first-order valence-corrected chi connectivity index (χ1v) is 6.87. The van der Waals surface area contributed by atoms with Crippen LogP contribution in [-0.4, -0.2) is 31.6 Å². The van der Waals surface area contributed by atoms with E-state index in [1.54, 1.807) is 38.1 Å². The Hall–Kier alpha value is -1.20. The first-order valence-electron chi connectivity index (χ1n) is 5.26. The predicted molar refractivity (Wildman–Crippen MR) is 67.0 cm³/mol. The first kappa shape index (κ1) is 13.9. The highest BCUT2D eigenvalue weighted by atomic mass is 32.2. The van der Waals surface area contributed by atoms with E-state index >= 15 is 0 Å². The number of nitrogens with zero attached hydrogens (tertiary/aromatic N) is 1. The second kappa shape index (κ2) is 4.98. The molecule has 0 heterocycles. The first-order chi connectivity index (χ1) is 7.79. The van der Waals surface area contributed by atoms with Gasteiger partial charge in [0.15, 0.2) is 0 Å². The maximum atomic E-state index is 12.1. The average molecular weight is 255 g/mol. The molecule has 0 saturated heterocycles. The molecule has 0 aliphatic rings. The molecule has 0 atom stereocenters. The van der Waals surface area contributed by atoms with Crippen molar-refractivity contribution in [2.75, 3.05) is 7.05 Å². The molecule has 1 aromatic rings. The van der Waals surface area contributed by atoms with Gasteiger partial charge in [0.05, 0.1) is 11.3 Å². The van der Waals surface area contributed by atoms with Crippen molar-refractivity contribution in [2.24, 2.45) is 0 Å². The number of rotatable bonds is 5. The van der Waals surface area contributed by atoms with E-state index in [-0.39, 0.29) is 5.75 Å². The van der Waals surface area contributed by atoms with Gasteiger partial charge < -0.3 is 4.79 Å². The van der Waals surface area contributed by atoms with Crippen LogP contribution in [-0.2, 0) is 20.6 Å². The summed E-state index contributed by atoms with van der Waals surface area (Å²) in [6, 6.07) is 8.90. The van der Waals surface area contributed by atoms with E-state index < -0.39 is 15.6 Å². The van der Waals surface area contributed by atoms with E-state index in [0.29, 0.717) is 11.8 Å². The maximum Gasteiger partial charge on any atom is 0.218 e. The van der Waals surface area contributed by atoms with E-state index in [1.807, 2.05) is 6.07 Å². The third kappa shape index (κ3) is 3.38. The second-order valence-corrected chi connectivity index (χ2v) is 6.48. The fraction of sp³-hybridized carbons (Fsp3) is 0.417. The van der Waals surface area contributed by atoms with Crippen LogP contribution < -0.4 is 0 Å². The number of sulfonamides is 1. The van der Waals surface area contributed by atoms with Crippen LogP contribution >= 0.6 is 0 Å². The smallest absolute Gasteiger partial charge is 0.218 e. The number of carbonyl (C=O) groups excluding carboxylic acids is 1. The van der Waals surface area contributed by atoms with Crippen molar-refractivity contribution < 1.29 is 13.2 Å². The molecule has 5 heteroatoms. The zero-order valence-corrected chi connectivity index (χ0v) is 11.1. The van der Waals surface area contributed by atoms with Crippen LogP contribution in [0.5, 0.6) is 0 Å². The van der Waals surface area contributed by atoms with E-state index in [0.717, 1.165) is 4.31 Å². The lowest BCUT2D eigenvalue weighted by Crippen LogP contribution is -2.46. The van der Waals surface area contributed by atoms with Crippen LogP contribution in [0.3, 0.4) is 0 Å². The Morgan fingerprint density at radius 3 is 2.24 bits per heavy atom. The lowest BCUT2D eigenvalue weighted by atomic mass is 10.1. The highest BCUT2D eigenvalue weighted by Crippen LogP contribution is 2.17. The summed E-state index contributed by atoms with van der Waals surface area (Å²) < 4.78 is 25.3. The molecule has 4 nitrogen and oxygen atoms in total. The molecule has 1 rings (SSSR count). The predicted octanol–water partition coefficient (Wildman–Crippen LogP) is 1.43. The normalized spacial score (nSPS) is 12.7. The Bertz CT molecular complexity index is 480. The van der Waals surface area contributed by atoms with Crippen LogP contribution in [0.15, 0.2) is 30.3 Å². The van der Waals surface area contributed by atoms with Crippen molar-refractivity contribution in [1.29, 1.82) is 0 Å². The van der Waals surface area contributed by atoms with Crippen LogP contribution in [0.25, 0.3) is 0 Å². The Labute approximate surface area is 102 Å². The molecule has 94 valence electrons. The minimum atomic E-state index is -3.48. The number of hydrogen-bond acceptors (Lipinski definition) is 3. The Morgan fingerprint density at radius 1 is 1.24 bits per heavy atom. The molecule has 0 aliphatic heterocycles. The summed E-state index contributed by atoms with van der Waals surface area (Å²) in [6.45, 7) is 3.14. The molecule has 0 radical (unpaired) electrons. The Kier molecular flexibility index (Phi) is 4.06. The fourth-order valence-corrected chi connectivity index (χ4v) is 2.88. The van der Waals surface area contributed by atoms with Crippen molar-refractivity contribution in [2.45, 2.75) is 25.1 Å². The van der Waals surface area contributed by atoms with Crippen LogP contribution in [0.1, 0.15) is 19.4 Å². The lowest BCUT2D eigenvalue weighted by molar-refractivity contribution is -0.114. The topological polar surface area (TPSA) is 54.5 Å². The molecule has 0 aromatic heterocycles. The summed E-state index contributed by atoms with van der Waals surface area (Å²) in [4.78, 5) is 10.9. The SMILES string of the molecule is CN(C(C)(C)C=O)S(=O)(=O)Cc1ccccc1. The third-order valence-electron chi connectivity index (χ3n) is 2.71. The van der Waals surface area contributed by atoms with E-state index in [9.17, 15) is 13.2 Å². The number of carbonyl (C=O) groups is 1. The summed E-state index contributed by atoms with van der Waals surface area (Å²) in [5.74, 6) is -0.0956. The number of aldehydes is 1. The maximum absolute atomic E-state index is 12.1. The van der Waals surface area contributed by atoms with Crippen molar-refractivity contribution in [3.05, 3.63) is 35.9 Å². The van der Waals surface area contributed by atoms with Crippen molar-refractivity contribution >= 4 is 16.3 Å². The van der Waals surface area contributed by atoms with Crippen LogP contribution in [0.4, 0.5) is 0 Å². The second-order valence-electron chi connectivity index (χ2n) is 4.48. The summed E-state index contributed by atoms with van der Waals surface area (Å²) in [5, 5.41) is 0. The number of likely N-dealkylation sites (N-methyl/N-ethyl adjacent to an activating group) is 1. The van der Waals surface area contributed by atoms with Crippen molar-refractivity contribution in [3.8, 4) is 0 Å². The largest absolute Gasteiger partial charge is 0.301 e. The summed E-state index contributed by atoms with van der Waals surface area (Å²) in [6.07, 6.45) is 0.634. The van der Waals surface area contributed by atoms with Gasteiger partial charge in [0.2, 0.25) is 10.0 Å². The van der Waals surface area contributed by atoms with Gasteiger partial charge in [0, 0.05) is 7.05 Å². The van der Waals surface area contributed by atoms with Gasteiger partial charge in [0.25, 0.3) is 0 Å². The quantitative estimate of drug-likeness (QED) is 0.748. The minimum absolute atomic E-state index is 0.0956. The molecular formula is C12H17NO3S. The molecule has 0 aliphatic carbocycles. The van der Waals surface area contributed by atoms with Gasteiger partial charge in [-0.3, -0.25) is 0 Å². The number of hydrogen-bond donors (Lipinski definition) is 0. The zero-order valence-electron chi connectivity index (χ0n) is 10.3. The van der Waals surface area contributed by atoms with Gasteiger partial charge in [0.1, 0.15) is 6.29 Å². The van der Waals surface area contributed by atoms with Gasteiger partial charge >= 0.3 is 0 Å². The molecule has 0 amide bonds. The average Bonchev–Trinajstić information content (AvgIpc) is 2.28. The standard InChI is InChI=1S/C12H17NO3S/c1-12(2,10-14)13(3)17(15,16)9-11-7-5-4-6-8-11/h4-8,10H,9H2,1-3H3. The zero-order chi connectivity index (χ0) is 13.1. The molecular weight excluding hydrogens is 238 g/mol. The summed E-state index contributed by atoms with van der Waals surface area (Å²) in [7, 11) is -2.06. The molecule has 0 fully saturated rings. The van der Waals surface area contributed by atoms with Crippen LogP contribution in [0, 0.1) is 0 Å². The molecule has 1 aromatic carbocycles. The summed E-state index contributed by atoms with van der Waals surface area (Å²) >= 11 is 0. The van der Waals surface area contributed by atoms with Crippen molar-refractivity contribution in [3.63, 3.8) is 0 Å². The molecule has 0 saturated carbocycles. The Balaban J connectivity index is 2.94. The number of benzene rings is 1. The van der Waals surface area contributed by atoms with Gasteiger partial charge in [-0.15, -0.1) is 0 Å². The molecule has 0 bridgehead atoms. The van der Waals surface area contributed by atoms with E-state index in [2.05, 4.69) is 0 Å². The van der Waals surface area contributed by atoms with E-state index in [4.69, 9.17) is 0 Å². The van der Waals surface area contributed by atoms with Gasteiger partial charge in [-0.2, -0.15) is 4.31 Å². The van der Waals surface area contributed by atoms with Gasteiger partial charge in [-0.1, -0.05) is 30.3 Å². The Morgan fingerprint density at radius 2 is 1.76 bits per heavy atom. The van der Waals surface area contributed by atoms with Crippen molar-refractivity contribution in [1.82, 2.24) is 4.31 Å². The molecule has 17 heavy (non-hydrogen) atoms. The fourth-order valence-electron chi connectivity index (χ4n) is 1.31. The third-order valence-corrected chi connectivity index (χ3v) is 4.71. The molecule has 0 spiro atoms. The van der Waals surface area contributed by atoms with Gasteiger partial charge in [-0.05, 0) is 19.4 Å². The summed E-state index contributed by atoms with van der Waals surface area (Å²) in [5.41, 5.74) is -0.311. The molecule has 0 unspecified atom stereocenters. The highest BCUT2D eigenvalue weighted by molar-refractivity contribution is 7.88. The van der Waals surface area contributed by atoms with Crippen LogP contribution in [0.2, 0.25) is 0 Å².